The summed E-state index contributed by atoms with van der Waals surface area (Å²) in [4.78, 5) is 18.6. The summed E-state index contributed by atoms with van der Waals surface area (Å²) in [6.07, 6.45) is 10.3. The van der Waals surface area contributed by atoms with Gasteiger partial charge in [0.15, 0.2) is 0 Å². The monoisotopic (exact) mass is 343 g/mol. The quantitative estimate of drug-likeness (QED) is 0.889. The standard InChI is InChI=1S/C20H29N3O2/c24-20(16-2-1-3-16)23-10-6-18(7-11-23)22-19-14-25-13-17(19)12-15-4-8-21-9-5-15/h4-5,8-9,16-19,22H,1-3,6-7,10-14H2/t17-,19-/m1/s1. The molecule has 1 amide bonds. The maximum absolute atomic E-state index is 12.4. The van der Waals surface area contributed by atoms with Gasteiger partial charge in [-0.2, -0.15) is 0 Å². The third-order valence-electron chi connectivity index (χ3n) is 6.16. The summed E-state index contributed by atoms with van der Waals surface area (Å²) in [7, 11) is 0. The van der Waals surface area contributed by atoms with Crippen molar-refractivity contribution in [1.29, 1.82) is 0 Å². The van der Waals surface area contributed by atoms with Crippen molar-refractivity contribution in [2.45, 2.75) is 50.6 Å². The van der Waals surface area contributed by atoms with Crippen molar-refractivity contribution >= 4 is 5.91 Å². The lowest BCUT2D eigenvalue weighted by Gasteiger charge is -2.38. The van der Waals surface area contributed by atoms with E-state index >= 15 is 0 Å². The maximum atomic E-state index is 12.4. The van der Waals surface area contributed by atoms with Gasteiger partial charge in [0.05, 0.1) is 13.2 Å². The highest BCUT2D eigenvalue weighted by Gasteiger charge is 2.34. The first kappa shape index (κ1) is 17.0. The van der Waals surface area contributed by atoms with Gasteiger partial charge in [0.1, 0.15) is 0 Å². The maximum Gasteiger partial charge on any atom is 0.225 e. The van der Waals surface area contributed by atoms with E-state index in [9.17, 15) is 4.79 Å². The van der Waals surface area contributed by atoms with Gasteiger partial charge in [-0.3, -0.25) is 9.78 Å². The van der Waals surface area contributed by atoms with Crippen molar-refractivity contribution in [2.24, 2.45) is 11.8 Å². The number of ether oxygens (including phenoxy) is 1. The van der Waals surface area contributed by atoms with Crippen molar-refractivity contribution in [3.63, 3.8) is 0 Å². The number of nitrogens with one attached hydrogen (secondary N) is 1. The van der Waals surface area contributed by atoms with E-state index in [1.165, 1.54) is 12.0 Å². The molecular formula is C20H29N3O2. The van der Waals surface area contributed by atoms with E-state index < -0.39 is 0 Å². The van der Waals surface area contributed by atoms with Crippen molar-refractivity contribution in [3.8, 4) is 0 Å². The van der Waals surface area contributed by atoms with Crippen LogP contribution in [0.25, 0.3) is 0 Å². The molecule has 3 aliphatic rings. The van der Waals surface area contributed by atoms with Crippen LogP contribution in [0.15, 0.2) is 24.5 Å². The summed E-state index contributed by atoms with van der Waals surface area (Å²) in [5.41, 5.74) is 1.33. The van der Waals surface area contributed by atoms with Gasteiger partial charge >= 0.3 is 0 Å². The fourth-order valence-electron chi connectivity index (χ4n) is 4.29. The largest absolute Gasteiger partial charge is 0.379 e. The third-order valence-corrected chi connectivity index (χ3v) is 6.16. The van der Waals surface area contributed by atoms with Crippen LogP contribution in [0.5, 0.6) is 0 Å². The Kier molecular flexibility index (Phi) is 5.32. The van der Waals surface area contributed by atoms with E-state index in [1.54, 1.807) is 0 Å². The summed E-state index contributed by atoms with van der Waals surface area (Å²) in [6, 6.07) is 5.13. The minimum Gasteiger partial charge on any atom is -0.379 e. The van der Waals surface area contributed by atoms with Gasteiger partial charge in [-0.25, -0.2) is 0 Å². The highest BCUT2D eigenvalue weighted by molar-refractivity contribution is 5.79. The average Bonchev–Trinajstić information content (AvgIpc) is 3.02. The van der Waals surface area contributed by atoms with Crippen LogP contribution in [0, 0.1) is 11.8 Å². The zero-order chi connectivity index (χ0) is 17.1. The van der Waals surface area contributed by atoms with Crippen LogP contribution in [-0.4, -0.2) is 54.2 Å². The zero-order valence-electron chi connectivity index (χ0n) is 14.9. The summed E-state index contributed by atoms with van der Waals surface area (Å²) in [6.45, 7) is 3.46. The van der Waals surface area contributed by atoms with Crippen molar-refractivity contribution in [2.75, 3.05) is 26.3 Å². The van der Waals surface area contributed by atoms with Gasteiger partial charge in [-0.05, 0) is 49.8 Å². The number of rotatable bonds is 5. The molecular weight excluding hydrogens is 314 g/mol. The lowest BCUT2D eigenvalue weighted by atomic mass is 9.84. The van der Waals surface area contributed by atoms with Gasteiger partial charge in [0.25, 0.3) is 0 Å². The number of carbonyl (C=O) groups excluding carboxylic acids is 1. The molecule has 25 heavy (non-hydrogen) atoms. The summed E-state index contributed by atoms with van der Waals surface area (Å²) >= 11 is 0. The molecule has 5 nitrogen and oxygen atoms in total. The van der Waals surface area contributed by atoms with Gasteiger partial charge in [0.2, 0.25) is 5.91 Å². The lowest BCUT2D eigenvalue weighted by molar-refractivity contribution is -0.139. The number of pyridine rings is 1. The van der Waals surface area contributed by atoms with E-state index in [0.29, 0.717) is 29.8 Å². The number of hydrogen-bond acceptors (Lipinski definition) is 4. The molecule has 0 radical (unpaired) electrons. The van der Waals surface area contributed by atoms with Crippen LogP contribution in [0.4, 0.5) is 0 Å². The Morgan fingerprint density at radius 3 is 2.60 bits per heavy atom. The van der Waals surface area contributed by atoms with Gasteiger partial charge in [-0.1, -0.05) is 6.42 Å². The van der Waals surface area contributed by atoms with E-state index in [-0.39, 0.29) is 0 Å². The van der Waals surface area contributed by atoms with Crippen LogP contribution in [-0.2, 0) is 16.0 Å². The molecule has 5 heteroatoms. The first-order valence-electron chi connectivity index (χ1n) is 9.81. The second-order valence-corrected chi connectivity index (χ2v) is 7.86. The highest BCUT2D eigenvalue weighted by atomic mass is 16.5. The molecule has 4 rings (SSSR count). The normalized spacial score (nSPS) is 28.1. The molecule has 0 bridgehead atoms. The first-order chi connectivity index (χ1) is 12.3. The van der Waals surface area contributed by atoms with E-state index in [1.807, 2.05) is 12.4 Å². The molecule has 0 spiro atoms. The summed E-state index contributed by atoms with van der Waals surface area (Å²) < 4.78 is 5.75. The van der Waals surface area contributed by atoms with E-state index in [0.717, 1.165) is 58.4 Å². The number of aromatic nitrogens is 1. The van der Waals surface area contributed by atoms with Crippen LogP contribution >= 0.6 is 0 Å². The molecule has 3 fully saturated rings. The molecule has 1 N–H and O–H groups in total. The van der Waals surface area contributed by atoms with Crippen molar-refractivity contribution in [1.82, 2.24) is 15.2 Å². The van der Waals surface area contributed by atoms with Crippen molar-refractivity contribution < 1.29 is 9.53 Å². The number of likely N-dealkylation sites (tertiary alicyclic amines) is 1. The molecule has 1 aliphatic carbocycles. The predicted octanol–water partition coefficient (Wildman–Crippen LogP) is 2.02. The average molecular weight is 343 g/mol. The van der Waals surface area contributed by atoms with E-state index in [2.05, 4.69) is 27.3 Å². The Labute approximate surface area is 150 Å². The van der Waals surface area contributed by atoms with Gasteiger partial charge < -0.3 is 15.0 Å². The van der Waals surface area contributed by atoms with Crippen LogP contribution in [0.3, 0.4) is 0 Å². The Morgan fingerprint density at radius 1 is 1.16 bits per heavy atom. The molecule has 3 heterocycles. The minimum atomic E-state index is 0.331. The number of hydrogen-bond donors (Lipinski definition) is 1. The SMILES string of the molecule is O=C(C1CCC1)N1CCC(N[C@@H]2COC[C@H]2Cc2ccncc2)CC1. The number of piperidine rings is 1. The van der Waals surface area contributed by atoms with Gasteiger partial charge in [-0.15, -0.1) is 0 Å². The first-order valence-corrected chi connectivity index (χ1v) is 9.81. The molecule has 2 aliphatic heterocycles. The summed E-state index contributed by atoms with van der Waals surface area (Å²) in [5, 5.41) is 3.83. The number of amides is 1. The number of nitrogens with zero attached hydrogens (tertiary/aromatic N) is 2. The van der Waals surface area contributed by atoms with Crippen LogP contribution in [0.1, 0.15) is 37.7 Å². The van der Waals surface area contributed by atoms with Gasteiger partial charge in [0, 0.05) is 49.4 Å². The lowest BCUT2D eigenvalue weighted by Crippen LogP contribution is -2.51. The Morgan fingerprint density at radius 2 is 1.92 bits per heavy atom. The Balaban J connectivity index is 1.25. The second kappa shape index (κ2) is 7.83. The van der Waals surface area contributed by atoms with Crippen molar-refractivity contribution in [3.05, 3.63) is 30.1 Å². The van der Waals surface area contributed by atoms with E-state index in [4.69, 9.17) is 4.74 Å². The molecule has 0 aromatic carbocycles. The van der Waals surface area contributed by atoms with Crippen LogP contribution < -0.4 is 5.32 Å². The molecule has 0 unspecified atom stereocenters. The molecule has 1 aromatic rings. The van der Waals surface area contributed by atoms with Crippen LogP contribution in [0.2, 0.25) is 0 Å². The Hall–Kier alpha value is -1.46. The minimum absolute atomic E-state index is 0.331. The second-order valence-electron chi connectivity index (χ2n) is 7.86. The Bertz CT molecular complexity index is 568. The molecule has 2 atom stereocenters. The summed E-state index contributed by atoms with van der Waals surface area (Å²) in [5.74, 6) is 1.26. The smallest absolute Gasteiger partial charge is 0.225 e. The predicted molar refractivity (Wildman–Crippen MR) is 96.1 cm³/mol. The molecule has 1 saturated carbocycles. The third kappa shape index (κ3) is 4.04. The zero-order valence-corrected chi connectivity index (χ0v) is 14.9. The molecule has 2 saturated heterocycles. The topological polar surface area (TPSA) is 54.5 Å². The molecule has 1 aromatic heterocycles. The fraction of sp³-hybridized carbons (Fsp3) is 0.700. The highest BCUT2D eigenvalue weighted by Crippen LogP contribution is 2.29. The number of carbonyl (C=O) groups is 1. The molecule has 136 valence electrons. The fourth-order valence-corrected chi connectivity index (χ4v) is 4.29.